The second-order valence-electron chi connectivity index (χ2n) is 8.04. The first-order valence-corrected chi connectivity index (χ1v) is 12.1. The summed E-state index contributed by atoms with van der Waals surface area (Å²) in [5.41, 5.74) is 2.45. The van der Waals surface area contributed by atoms with Crippen LogP contribution in [-0.2, 0) is 29.7 Å². The zero-order chi connectivity index (χ0) is 21.1. The van der Waals surface area contributed by atoms with E-state index in [1.165, 1.54) is 23.5 Å². The van der Waals surface area contributed by atoms with Gasteiger partial charge in [-0.1, -0.05) is 24.3 Å². The third-order valence-corrected chi connectivity index (χ3v) is 7.83. The average Bonchev–Trinajstić information content (AvgIpc) is 3.16. The van der Waals surface area contributed by atoms with Gasteiger partial charge in [-0.2, -0.15) is 0 Å². The highest BCUT2D eigenvalue weighted by Crippen LogP contribution is 2.24. The van der Waals surface area contributed by atoms with Gasteiger partial charge in [0.15, 0.2) is 0 Å². The molecule has 4 rings (SSSR count). The Morgan fingerprint density at radius 3 is 2.40 bits per heavy atom. The van der Waals surface area contributed by atoms with E-state index in [-0.39, 0.29) is 22.8 Å². The van der Waals surface area contributed by atoms with E-state index in [1.807, 2.05) is 12.1 Å². The van der Waals surface area contributed by atoms with Crippen LogP contribution < -0.4 is 10.2 Å². The van der Waals surface area contributed by atoms with Gasteiger partial charge in [-0.25, -0.2) is 12.7 Å². The first-order chi connectivity index (χ1) is 14.4. The lowest BCUT2D eigenvalue weighted by atomic mass is 9.99. The summed E-state index contributed by atoms with van der Waals surface area (Å²) in [6, 6.07) is 9.85. The quantitative estimate of drug-likeness (QED) is 0.669. The SMILES string of the molecule is CCS(=O)(=O)N1CCC(COc2coc(CN3Cc4ccccc4C3)cc2=O)CC1. The Labute approximate surface area is 177 Å². The predicted molar refractivity (Wildman–Crippen MR) is 114 cm³/mol. The van der Waals surface area contributed by atoms with Crippen molar-refractivity contribution in [3.8, 4) is 5.75 Å². The summed E-state index contributed by atoms with van der Waals surface area (Å²) in [7, 11) is -3.13. The molecule has 0 amide bonds. The van der Waals surface area contributed by atoms with Gasteiger partial charge in [0.25, 0.3) is 0 Å². The molecular formula is C22H28N2O5S. The van der Waals surface area contributed by atoms with Crippen molar-refractivity contribution in [2.75, 3.05) is 25.4 Å². The first kappa shape index (κ1) is 21.1. The van der Waals surface area contributed by atoms with Gasteiger partial charge in [-0.05, 0) is 36.8 Å². The number of fused-ring (bicyclic) bond motifs is 1. The van der Waals surface area contributed by atoms with Crippen molar-refractivity contribution in [1.29, 1.82) is 0 Å². The highest BCUT2D eigenvalue weighted by molar-refractivity contribution is 7.89. The fourth-order valence-corrected chi connectivity index (χ4v) is 5.24. The smallest absolute Gasteiger partial charge is 0.227 e. The van der Waals surface area contributed by atoms with E-state index in [0.717, 1.165) is 25.9 Å². The number of rotatable bonds is 7. The van der Waals surface area contributed by atoms with E-state index in [4.69, 9.17) is 9.15 Å². The maximum Gasteiger partial charge on any atom is 0.227 e. The fraction of sp³-hybridized carbons (Fsp3) is 0.500. The van der Waals surface area contributed by atoms with Gasteiger partial charge in [0, 0.05) is 32.2 Å². The maximum atomic E-state index is 12.4. The van der Waals surface area contributed by atoms with Gasteiger partial charge in [-0.15, -0.1) is 0 Å². The summed E-state index contributed by atoms with van der Waals surface area (Å²) in [5.74, 6) is 1.20. The Kier molecular flexibility index (Phi) is 6.26. The molecule has 162 valence electrons. The Morgan fingerprint density at radius 2 is 1.80 bits per heavy atom. The first-order valence-electron chi connectivity index (χ1n) is 10.5. The molecule has 8 heteroatoms. The van der Waals surface area contributed by atoms with Crippen LogP contribution in [0.4, 0.5) is 0 Å². The topological polar surface area (TPSA) is 80.1 Å². The summed E-state index contributed by atoms with van der Waals surface area (Å²) in [6.07, 6.45) is 2.87. The van der Waals surface area contributed by atoms with Crippen LogP contribution in [0.1, 0.15) is 36.7 Å². The molecule has 0 atom stereocenters. The van der Waals surface area contributed by atoms with Crippen LogP contribution in [0, 0.1) is 5.92 Å². The van der Waals surface area contributed by atoms with Gasteiger partial charge in [0.2, 0.25) is 21.2 Å². The fourth-order valence-electron chi connectivity index (χ4n) is 4.11. The molecule has 1 aromatic heterocycles. The highest BCUT2D eigenvalue weighted by Gasteiger charge is 2.27. The average molecular weight is 433 g/mol. The number of hydrogen-bond acceptors (Lipinski definition) is 6. The maximum absolute atomic E-state index is 12.4. The van der Waals surface area contributed by atoms with E-state index < -0.39 is 10.0 Å². The number of ether oxygens (including phenoxy) is 1. The summed E-state index contributed by atoms with van der Waals surface area (Å²) >= 11 is 0. The van der Waals surface area contributed by atoms with E-state index in [0.29, 0.717) is 32.0 Å². The zero-order valence-electron chi connectivity index (χ0n) is 17.2. The molecule has 0 aliphatic carbocycles. The molecule has 3 heterocycles. The molecule has 0 saturated carbocycles. The van der Waals surface area contributed by atoms with E-state index in [9.17, 15) is 13.2 Å². The molecule has 0 bridgehead atoms. The summed E-state index contributed by atoms with van der Waals surface area (Å²) in [5, 5.41) is 0. The van der Waals surface area contributed by atoms with Crippen LogP contribution in [0.15, 0.2) is 45.8 Å². The Bertz CT molecular complexity index is 1020. The molecule has 2 aliphatic heterocycles. The van der Waals surface area contributed by atoms with Crippen LogP contribution in [0.25, 0.3) is 0 Å². The van der Waals surface area contributed by atoms with Gasteiger partial charge in [-0.3, -0.25) is 9.69 Å². The van der Waals surface area contributed by atoms with Gasteiger partial charge >= 0.3 is 0 Å². The molecule has 0 unspecified atom stereocenters. The molecule has 0 spiro atoms. The highest BCUT2D eigenvalue weighted by atomic mass is 32.2. The van der Waals surface area contributed by atoms with Crippen molar-refractivity contribution >= 4 is 10.0 Å². The van der Waals surface area contributed by atoms with Crippen molar-refractivity contribution in [2.45, 2.75) is 39.4 Å². The zero-order valence-corrected chi connectivity index (χ0v) is 18.1. The number of sulfonamides is 1. The molecule has 0 radical (unpaired) electrons. The van der Waals surface area contributed by atoms with Crippen LogP contribution in [0.2, 0.25) is 0 Å². The lowest BCUT2D eigenvalue weighted by Gasteiger charge is -2.30. The van der Waals surface area contributed by atoms with Crippen molar-refractivity contribution in [3.05, 3.63) is 63.7 Å². The van der Waals surface area contributed by atoms with Crippen molar-refractivity contribution < 1.29 is 17.6 Å². The third-order valence-electron chi connectivity index (χ3n) is 5.94. The third kappa shape index (κ3) is 4.77. The second kappa shape index (κ2) is 8.91. The minimum Gasteiger partial charge on any atom is -0.486 e. The van der Waals surface area contributed by atoms with Crippen molar-refractivity contribution in [2.24, 2.45) is 5.92 Å². The van der Waals surface area contributed by atoms with Crippen molar-refractivity contribution in [3.63, 3.8) is 0 Å². The lowest BCUT2D eigenvalue weighted by Crippen LogP contribution is -2.40. The number of benzene rings is 1. The monoisotopic (exact) mass is 432 g/mol. The summed E-state index contributed by atoms with van der Waals surface area (Å²) in [6.45, 7) is 5.36. The molecule has 1 aromatic carbocycles. The Balaban J connectivity index is 1.28. The summed E-state index contributed by atoms with van der Waals surface area (Å²) < 4.78 is 36.8. The largest absolute Gasteiger partial charge is 0.486 e. The van der Waals surface area contributed by atoms with E-state index >= 15 is 0 Å². The van der Waals surface area contributed by atoms with E-state index in [1.54, 1.807) is 11.2 Å². The predicted octanol–water partition coefficient (Wildman–Crippen LogP) is 2.60. The molecule has 0 N–H and O–H groups in total. The van der Waals surface area contributed by atoms with Crippen LogP contribution in [0.3, 0.4) is 0 Å². The van der Waals surface area contributed by atoms with Gasteiger partial charge in [0.05, 0.1) is 18.9 Å². The van der Waals surface area contributed by atoms with Crippen LogP contribution in [-0.4, -0.2) is 43.1 Å². The van der Waals surface area contributed by atoms with Crippen LogP contribution >= 0.6 is 0 Å². The Morgan fingerprint density at radius 1 is 1.13 bits per heavy atom. The summed E-state index contributed by atoms with van der Waals surface area (Å²) in [4.78, 5) is 14.7. The van der Waals surface area contributed by atoms with Gasteiger partial charge in [0.1, 0.15) is 12.0 Å². The number of piperidine rings is 1. The molecular weight excluding hydrogens is 404 g/mol. The normalized spacial score (nSPS) is 18.4. The second-order valence-corrected chi connectivity index (χ2v) is 10.3. The molecule has 2 aromatic rings. The van der Waals surface area contributed by atoms with Crippen molar-refractivity contribution in [1.82, 2.24) is 9.21 Å². The molecule has 1 saturated heterocycles. The van der Waals surface area contributed by atoms with E-state index in [2.05, 4.69) is 17.0 Å². The molecule has 1 fully saturated rings. The number of hydrogen-bond donors (Lipinski definition) is 0. The van der Waals surface area contributed by atoms with Crippen LogP contribution in [0.5, 0.6) is 5.75 Å². The lowest BCUT2D eigenvalue weighted by molar-refractivity contribution is 0.180. The minimum absolute atomic E-state index is 0.130. The standard InChI is InChI=1S/C22H28N2O5S/c1-2-30(26,27)24-9-7-17(8-10-24)15-29-22-16-28-20(11-21(22)25)14-23-12-18-5-3-4-6-19(18)13-23/h3-6,11,16-17H,2,7-10,12-15H2,1H3. The Hall–Kier alpha value is -2.16. The molecule has 7 nitrogen and oxygen atoms in total. The number of nitrogens with zero attached hydrogens (tertiary/aromatic N) is 2. The molecule has 2 aliphatic rings. The molecule has 30 heavy (non-hydrogen) atoms. The minimum atomic E-state index is -3.13. The van der Waals surface area contributed by atoms with Gasteiger partial charge < -0.3 is 9.15 Å².